The standard InChI is InChI=1S/C27H30N6O5S2/c1-31(2)12-5-15-33(27-30-22-18-23-24(19-25(22)39-27)38-17-16-37-23)26(34)20-6-8-21(9-7-20)40(35,36)32(13-3-10-28)14-4-11-29/h6-9,18-19H,3-5,12-17H2,1-2H3. The molecule has 0 N–H and O–H groups in total. The summed E-state index contributed by atoms with van der Waals surface area (Å²) in [5.74, 6) is 0.969. The Kier molecular flexibility index (Phi) is 9.55. The van der Waals surface area contributed by atoms with Gasteiger partial charge in [-0.2, -0.15) is 14.8 Å². The Bertz CT molecular complexity index is 1480. The van der Waals surface area contributed by atoms with Crippen molar-refractivity contribution in [3.8, 4) is 23.6 Å². The normalized spacial score (nSPS) is 12.8. The fraction of sp³-hybridized carbons (Fsp3) is 0.407. The van der Waals surface area contributed by atoms with Gasteiger partial charge in [0, 0.05) is 50.2 Å². The number of sulfonamides is 1. The van der Waals surface area contributed by atoms with Crippen LogP contribution >= 0.6 is 11.3 Å². The third-order valence-corrected chi connectivity index (χ3v) is 9.14. The van der Waals surface area contributed by atoms with Crippen LogP contribution < -0.4 is 14.4 Å². The van der Waals surface area contributed by atoms with E-state index in [1.165, 1.54) is 35.6 Å². The Morgan fingerprint density at radius 2 is 1.60 bits per heavy atom. The third kappa shape index (κ3) is 6.69. The molecule has 1 aliphatic rings. The summed E-state index contributed by atoms with van der Waals surface area (Å²) in [6, 6.07) is 13.3. The Labute approximate surface area is 237 Å². The lowest BCUT2D eigenvalue weighted by Crippen LogP contribution is -2.34. The van der Waals surface area contributed by atoms with Gasteiger partial charge < -0.3 is 14.4 Å². The highest BCUT2D eigenvalue weighted by Gasteiger charge is 2.26. The summed E-state index contributed by atoms with van der Waals surface area (Å²) in [7, 11) is -0.0182. The van der Waals surface area contributed by atoms with E-state index < -0.39 is 10.0 Å². The highest BCUT2D eigenvalue weighted by molar-refractivity contribution is 7.89. The molecule has 0 saturated heterocycles. The fourth-order valence-electron chi connectivity index (χ4n) is 4.17. The van der Waals surface area contributed by atoms with Crippen molar-refractivity contribution in [2.75, 3.05) is 58.4 Å². The number of hydrogen-bond donors (Lipinski definition) is 0. The number of anilines is 1. The lowest BCUT2D eigenvalue weighted by Gasteiger charge is -2.22. The zero-order valence-electron chi connectivity index (χ0n) is 22.4. The summed E-state index contributed by atoms with van der Waals surface area (Å²) >= 11 is 1.38. The second-order valence-electron chi connectivity index (χ2n) is 9.32. The van der Waals surface area contributed by atoms with Gasteiger partial charge in [0.15, 0.2) is 16.6 Å². The molecule has 0 unspecified atom stereocenters. The van der Waals surface area contributed by atoms with Crippen molar-refractivity contribution < 1.29 is 22.7 Å². The van der Waals surface area contributed by atoms with Crippen LogP contribution in [-0.4, -0.2) is 82.0 Å². The number of hydrogen-bond acceptors (Lipinski definition) is 10. The SMILES string of the molecule is CN(C)CCCN(C(=O)c1ccc(S(=O)(=O)N(CCC#N)CCC#N)cc1)c1nc2cc3c(cc2s1)OCCO3. The molecule has 1 amide bonds. The van der Waals surface area contributed by atoms with Crippen LogP contribution in [0.1, 0.15) is 29.6 Å². The highest BCUT2D eigenvalue weighted by atomic mass is 32.2. The number of thiazole rings is 1. The van der Waals surface area contributed by atoms with E-state index in [0.29, 0.717) is 53.9 Å². The van der Waals surface area contributed by atoms with Gasteiger partial charge >= 0.3 is 0 Å². The maximum atomic E-state index is 13.7. The molecule has 2 heterocycles. The van der Waals surface area contributed by atoms with Crippen molar-refractivity contribution in [1.29, 1.82) is 10.5 Å². The number of nitriles is 2. The summed E-state index contributed by atoms with van der Waals surface area (Å²) in [5.41, 5.74) is 1.01. The second-order valence-corrected chi connectivity index (χ2v) is 12.3. The quantitative estimate of drug-likeness (QED) is 0.314. The maximum absolute atomic E-state index is 13.7. The lowest BCUT2D eigenvalue weighted by atomic mass is 10.2. The molecule has 2 aromatic carbocycles. The molecular formula is C27H30N6O5S2. The van der Waals surface area contributed by atoms with E-state index in [0.717, 1.165) is 15.5 Å². The molecule has 0 saturated carbocycles. The molecule has 13 heteroatoms. The van der Waals surface area contributed by atoms with Crippen LogP contribution in [0.4, 0.5) is 5.13 Å². The Morgan fingerprint density at radius 1 is 0.975 bits per heavy atom. The van der Waals surface area contributed by atoms with E-state index in [1.807, 2.05) is 43.3 Å². The van der Waals surface area contributed by atoms with E-state index in [4.69, 9.17) is 25.0 Å². The first kappa shape index (κ1) is 29.2. The van der Waals surface area contributed by atoms with Gasteiger partial charge in [0.25, 0.3) is 5.91 Å². The minimum absolute atomic E-state index is 0.00649. The van der Waals surface area contributed by atoms with Crippen molar-refractivity contribution in [3.05, 3.63) is 42.0 Å². The molecule has 40 heavy (non-hydrogen) atoms. The number of ether oxygens (including phenoxy) is 2. The number of rotatable bonds is 12. The predicted octanol–water partition coefficient (Wildman–Crippen LogP) is 3.48. The first-order valence-electron chi connectivity index (χ1n) is 12.8. The summed E-state index contributed by atoms with van der Waals surface area (Å²) in [5, 5.41) is 18.4. The summed E-state index contributed by atoms with van der Waals surface area (Å²) < 4.78 is 39.7. The average Bonchev–Trinajstić information content (AvgIpc) is 3.36. The number of benzene rings is 2. The van der Waals surface area contributed by atoms with Crippen LogP contribution in [0.15, 0.2) is 41.3 Å². The maximum Gasteiger partial charge on any atom is 0.260 e. The highest BCUT2D eigenvalue weighted by Crippen LogP contribution is 2.39. The number of nitrogens with zero attached hydrogens (tertiary/aromatic N) is 6. The summed E-state index contributed by atoms with van der Waals surface area (Å²) in [4.78, 5) is 22.1. The van der Waals surface area contributed by atoms with Crippen LogP contribution in [0.3, 0.4) is 0 Å². The summed E-state index contributed by atoms with van der Waals surface area (Å²) in [6.45, 7) is 2.09. The molecule has 0 atom stereocenters. The largest absolute Gasteiger partial charge is 0.486 e. The number of amides is 1. The molecule has 210 valence electrons. The number of fused-ring (bicyclic) bond motifs is 2. The van der Waals surface area contributed by atoms with Crippen LogP contribution in [0, 0.1) is 22.7 Å². The minimum Gasteiger partial charge on any atom is -0.486 e. The Balaban J connectivity index is 1.62. The smallest absolute Gasteiger partial charge is 0.260 e. The molecule has 0 bridgehead atoms. The van der Waals surface area contributed by atoms with Crippen molar-refractivity contribution in [1.82, 2.24) is 14.2 Å². The van der Waals surface area contributed by atoms with Gasteiger partial charge in [-0.15, -0.1) is 0 Å². The van der Waals surface area contributed by atoms with Crippen molar-refractivity contribution in [2.24, 2.45) is 0 Å². The lowest BCUT2D eigenvalue weighted by molar-refractivity contribution is 0.0986. The van der Waals surface area contributed by atoms with Crippen molar-refractivity contribution in [2.45, 2.75) is 24.2 Å². The number of carbonyl (C=O) groups excluding carboxylic acids is 1. The van der Waals surface area contributed by atoms with E-state index >= 15 is 0 Å². The monoisotopic (exact) mass is 582 g/mol. The van der Waals surface area contributed by atoms with Gasteiger partial charge in [0.05, 0.1) is 27.3 Å². The van der Waals surface area contributed by atoms with E-state index in [9.17, 15) is 13.2 Å². The van der Waals surface area contributed by atoms with E-state index in [1.54, 1.807) is 4.90 Å². The number of carbonyl (C=O) groups is 1. The second kappa shape index (κ2) is 13.1. The average molecular weight is 583 g/mol. The zero-order valence-corrected chi connectivity index (χ0v) is 24.0. The van der Waals surface area contributed by atoms with Gasteiger partial charge in [-0.1, -0.05) is 11.3 Å². The van der Waals surface area contributed by atoms with Crippen molar-refractivity contribution in [3.63, 3.8) is 0 Å². The molecule has 4 rings (SSSR count). The predicted molar refractivity (Wildman–Crippen MR) is 151 cm³/mol. The number of aromatic nitrogens is 1. The molecule has 11 nitrogen and oxygen atoms in total. The van der Waals surface area contributed by atoms with Gasteiger partial charge in [0.2, 0.25) is 10.0 Å². The molecule has 0 aliphatic carbocycles. The van der Waals surface area contributed by atoms with Crippen LogP contribution in [0.25, 0.3) is 10.2 Å². The van der Waals surface area contributed by atoms with Crippen molar-refractivity contribution >= 4 is 42.6 Å². The Hall–Kier alpha value is -3.75. The van der Waals surface area contributed by atoms with Gasteiger partial charge in [-0.05, 0) is 51.3 Å². The van der Waals surface area contributed by atoms with Crippen LogP contribution in [-0.2, 0) is 10.0 Å². The molecule has 0 radical (unpaired) electrons. The molecule has 1 aromatic heterocycles. The van der Waals surface area contributed by atoms with Gasteiger partial charge in [0.1, 0.15) is 13.2 Å². The molecule has 0 spiro atoms. The van der Waals surface area contributed by atoms with Crippen LogP contribution in [0.2, 0.25) is 0 Å². The third-order valence-electron chi connectivity index (χ3n) is 6.19. The minimum atomic E-state index is -3.94. The Morgan fingerprint density at radius 3 is 2.20 bits per heavy atom. The van der Waals surface area contributed by atoms with Crippen LogP contribution in [0.5, 0.6) is 11.5 Å². The molecular weight excluding hydrogens is 552 g/mol. The van der Waals surface area contributed by atoms with E-state index in [-0.39, 0.29) is 36.7 Å². The zero-order chi connectivity index (χ0) is 28.7. The summed E-state index contributed by atoms with van der Waals surface area (Å²) in [6.07, 6.45) is 0.718. The topological polar surface area (TPSA) is 140 Å². The first-order chi connectivity index (χ1) is 19.2. The first-order valence-corrected chi connectivity index (χ1v) is 15.0. The molecule has 3 aromatic rings. The molecule has 0 fully saturated rings. The fourth-order valence-corrected chi connectivity index (χ4v) is 6.61. The van der Waals surface area contributed by atoms with E-state index in [2.05, 4.69) is 0 Å². The molecule has 1 aliphatic heterocycles. The van der Waals surface area contributed by atoms with Gasteiger partial charge in [-0.3, -0.25) is 9.69 Å². The van der Waals surface area contributed by atoms with Gasteiger partial charge in [-0.25, -0.2) is 13.4 Å².